The van der Waals surface area contributed by atoms with Gasteiger partial charge in [-0.25, -0.2) is 0 Å². The zero-order valence-electron chi connectivity index (χ0n) is 16.3. The number of para-hydroxylation sites is 1. The Morgan fingerprint density at radius 2 is 1.53 bits per heavy atom. The highest BCUT2D eigenvalue weighted by atomic mass is 16.5. The van der Waals surface area contributed by atoms with Gasteiger partial charge in [0.05, 0.1) is 0 Å². The predicted octanol–water partition coefficient (Wildman–Crippen LogP) is 3.76. The van der Waals surface area contributed by atoms with E-state index in [9.17, 15) is 9.59 Å². The van der Waals surface area contributed by atoms with Crippen molar-refractivity contribution in [3.05, 3.63) is 97.1 Å². The normalized spacial score (nSPS) is 10.0. The maximum absolute atomic E-state index is 12.2. The SMILES string of the molecule is C=CCOc1ccc(C(=O)NNC(=O)COc2ccccc2-c2ccccc2)cc1. The number of hydrogen-bond donors (Lipinski definition) is 2. The van der Waals surface area contributed by atoms with E-state index in [1.807, 2.05) is 48.5 Å². The number of amides is 2. The van der Waals surface area contributed by atoms with Gasteiger partial charge in [-0.15, -0.1) is 0 Å². The average Bonchev–Trinajstić information content (AvgIpc) is 2.81. The standard InChI is InChI=1S/C24H22N2O4/c1-2-16-29-20-14-12-19(13-15-20)24(28)26-25-23(27)17-30-22-11-7-6-10-21(22)18-8-4-3-5-9-18/h2-15H,1,16-17H2,(H,25,27)(H,26,28). The first-order chi connectivity index (χ1) is 14.7. The summed E-state index contributed by atoms with van der Waals surface area (Å²) in [6.45, 7) is 3.72. The van der Waals surface area contributed by atoms with E-state index in [-0.39, 0.29) is 6.61 Å². The molecule has 3 rings (SSSR count). The van der Waals surface area contributed by atoms with E-state index in [0.29, 0.717) is 23.7 Å². The molecule has 0 saturated heterocycles. The molecule has 6 nitrogen and oxygen atoms in total. The van der Waals surface area contributed by atoms with Crippen LogP contribution in [-0.4, -0.2) is 25.0 Å². The lowest BCUT2D eigenvalue weighted by Gasteiger charge is -2.12. The molecule has 0 bridgehead atoms. The first kappa shape index (κ1) is 20.7. The number of hydrazine groups is 1. The zero-order chi connectivity index (χ0) is 21.2. The van der Waals surface area contributed by atoms with Gasteiger partial charge in [-0.2, -0.15) is 0 Å². The molecular weight excluding hydrogens is 380 g/mol. The lowest BCUT2D eigenvalue weighted by Crippen LogP contribution is -2.43. The van der Waals surface area contributed by atoms with Crippen molar-refractivity contribution in [2.24, 2.45) is 0 Å². The van der Waals surface area contributed by atoms with Gasteiger partial charge in [-0.1, -0.05) is 61.2 Å². The quantitative estimate of drug-likeness (QED) is 0.444. The van der Waals surface area contributed by atoms with Crippen molar-refractivity contribution in [2.45, 2.75) is 0 Å². The first-order valence-electron chi connectivity index (χ1n) is 9.37. The topological polar surface area (TPSA) is 76.7 Å². The average molecular weight is 402 g/mol. The maximum atomic E-state index is 12.2. The molecule has 3 aromatic rings. The second-order valence-electron chi connectivity index (χ2n) is 6.28. The van der Waals surface area contributed by atoms with Crippen LogP contribution in [0.2, 0.25) is 0 Å². The largest absolute Gasteiger partial charge is 0.490 e. The molecule has 0 radical (unpaired) electrons. The van der Waals surface area contributed by atoms with E-state index >= 15 is 0 Å². The first-order valence-corrected chi connectivity index (χ1v) is 9.37. The molecule has 3 aromatic carbocycles. The summed E-state index contributed by atoms with van der Waals surface area (Å²) in [5.74, 6) is 0.293. The third kappa shape index (κ3) is 5.72. The summed E-state index contributed by atoms with van der Waals surface area (Å²) in [7, 11) is 0. The van der Waals surface area contributed by atoms with Crippen molar-refractivity contribution in [1.82, 2.24) is 10.9 Å². The van der Waals surface area contributed by atoms with Crippen molar-refractivity contribution >= 4 is 11.8 Å². The Kier molecular flexibility index (Phi) is 7.22. The fourth-order valence-electron chi connectivity index (χ4n) is 2.68. The summed E-state index contributed by atoms with van der Waals surface area (Å²) in [6, 6.07) is 23.8. The summed E-state index contributed by atoms with van der Waals surface area (Å²) in [5.41, 5.74) is 6.98. The minimum Gasteiger partial charge on any atom is -0.490 e. The Morgan fingerprint density at radius 3 is 2.27 bits per heavy atom. The molecule has 2 N–H and O–H groups in total. The number of rotatable bonds is 8. The van der Waals surface area contributed by atoms with E-state index in [2.05, 4.69) is 17.4 Å². The van der Waals surface area contributed by atoms with Gasteiger partial charge >= 0.3 is 0 Å². The summed E-state index contributed by atoms with van der Waals surface area (Å²) in [6.07, 6.45) is 1.64. The molecule has 6 heteroatoms. The van der Waals surface area contributed by atoms with Crippen LogP contribution >= 0.6 is 0 Å². The van der Waals surface area contributed by atoms with Gasteiger partial charge in [-0.05, 0) is 35.9 Å². The minimum absolute atomic E-state index is 0.238. The fraction of sp³-hybridized carbons (Fsp3) is 0.0833. The maximum Gasteiger partial charge on any atom is 0.276 e. The second kappa shape index (κ2) is 10.5. The molecule has 0 saturated carbocycles. The fourth-order valence-corrected chi connectivity index (χ4v) is 2.68. The van der Waals surface area contributed by atoms with Crippen LogP contribution in [0.15, 0.2) is 91.5 Å². The molecule has 0 aliphatic carbocycles. The molecule has 152 valence electrons. The Morgan fingerprint density at radius 1 is 0.833 bits per heavy atom. The molecule has 0 atom stereocenters. The van der Waals surface area contributed by atoms with Crippen LogP contribution in [0.25, 0.3) is 11.1 Å². The van der Waals surface area contributed by atoms with Crippen molar-refractivity contribution in [2.75, 3.05) is 13.2 Å². The monoisotopic (exact) mass is 402 g/mol. The highest BCUT2D eigenvalue weighted by Gasteiger charge is 2.10. The number of benzene rings is 3. The van der Waals surface area contributed by atoms with E-state index in [1.54, 1.807) is 36.4 Å². The number of carbonyl (C=O) groups excluding carboxylic acids is 2. The Labute approximate surface area is 175 Å². The van der Waals surface area contributed by atoms with E-state index < -0.39 is 11.8 Å². The third-order valence-corrected chi connectivity index (χ3v) is 4.13. The highest BCUT2D eigenvalue weighted by Crippen LogP contribution is 2.29. The summed E-state index contributed by atoms with van der Waals surface area (Å²) < 4.78 is 11.0. The molecule has 0 unspecified atom stereocenters. The number of ether oxygens (including phenoxy) is 2. The second-order valence-corrected chi connectivity index (χ2v) is 6.28. The predicted molar refractivity (Wildman–Crippen MR) is 115 cm³/mol. The Bertz CT molecular complexity index is 1000. The van der Waals surface area contributed by atoms with Crippen molar-refractivity contribution in [3.8, 4) is 22.6 Å². The summed E-state index contributed by atoms with van der Waals surface area (Å²) >= 11 is 0. The Hall–Kier alpha value is -4.06. The molecule has 0 aliphatic heterocycles. The van der Waals surface area contributed by atoms with Gasteiger partial charge < -0.3 is 9.47 Å². The smallest absolute Gasteiger partial charge is 0.276 e. The summed E-state index contributed by atoms with van der Waals surface area (Å²) in [5, 5.41) is 0. The lowest BCUT2D eigenvalue weighted by molar-refractivity contribution is -0.123. The van der Waals surface area contributed by atoms with E-state index in [4.69, 9.17) is 9.47 Å². The number of nitrogens with one attached hydrogen (secondary N) is 2. The van der Waals surface area contributed by atoms with Crippen molar-refractivity contribution in [1.29, 1.82) is 0 Å². The minimum atomic E-state index is -0.475. The van der Waals surface area contributed by atoms with Crippen LogP contribution in [0.4, 0.5) is 0 Å². The molecule has 0 fully saturated rings. The van der Waals surface area contributed by atoms with Crippen LogP contribution < -0.4 is 20.3 Å². The molecule has 0 aromatic heterocycles. The van der Waals surface area contributed by atoms with Crippen LogP contribution in [0.5, 0.6) is 11.5 Å². The number of hydrogen-bond acceptors (Lipinski definition) is 4. The highest BCUT2D eigenvalue weighted by molar-refractivity contribution is 5.95. The van der Waals surface area contributed by atoms with Gasteiger partial charge in [0, 0.05) is 11.1 Å². The summed E-state index contributed by atoms with van der Waals surface area (Å²) in [4.78, 5) is 24.3. The third-order valence-electron chi connectivity index (χ3n) is 4.13. The molecule has 2 amide bonds. The molecule has 0 aliphatic rings. The van der Waals surface area contributed by atoms with Crippen LogP contribution in [-0.2, 0) is 4.79 Å². The zero-order valence-corrected chi connectivity index (χ0v) is 16.3. The van der Waals surface area contributed by atoms with Gasteiger partial charge in [0.2, 0.25) is 0 Å². The van der Waals surface area contributed by atoms with Crippen molar-refractivity contribution < 1.29 is 19.1 Å². The lowest BCUT2D eigenvalue weighted by atomic mass is 10.1. The number of carbonyl (C=O) groups is 2. The molecular formula is C24H22N2O4. The van der Waals surface area contributed by atoms with Crippen molar-refractivity contribution in [3.63, 3.8) is 0 Å². The molecule has 0 spiro atoms. The molecule has 30 heavy (non-hydrogen) atoms. The van der Waals surface area contributed by atoms with Gasteiger partial charge in [0.1, 0.15) is 18.1 Å². The van der Waals surface area contributed by atoms with Crippen LogP contribution in [0, 0.1) is 0 Å². The molecule has 0 heterocycles. The van der Waals surface area contributed by atoms with E-state index in [0.717, 1.165) is 11.1 Å². The van der Waals surface area contributed by atoms with Gasteiger partial charge in [0.25, 0.3) is 11.8 Å². The van der Waals surface area contributed by atoms with E-state index in [1.165, 1.54) is 0 Å². The van der Waals surface area contributed by atoms with Crippen LogP contribution in [0.1, 0.15) is 10.4 Å². The van der Waals surface area contributed by atoms with Crippen LogP contribution in [0.3, 0.4) is 0 Å². The van der Waals surface area contributed by atoms with Gasteiger partial charge in [0.15, 0.2) is 6.61 Å². The Balaban J connectivity index is 1.51. The van der Waals surface area contributed by atoms with Gasteiger partial charge in [-0.3, -0.25) is 20.4 Å².